The van der Waals surface area contributed by atoms with Crippen molar-refractivity contribution in [3.63, 3.8) is 0 Å². The van der Waals surface area contributed by atoms with E-state index in [4.69, 9.17) is 9.47 Å². The van der Waals surface area contributed by atoms with Crippen molar-refractivity contribution in [1.82, 2.24) is 5.32 Å². The highest BCUT2D eigenvalue weighted by Crippen LogP contribution is 2.41. The molecule has 5 nitrogen and oxygen atoms in total. The summed E-state index contributed by atoms with van der Waals surface area (Å²) in [6.07, 6.45) is -0.103. The zero-order chi connectivity index (χ0) is 16.9. The summed E-state index contributed by atoms with van der Waals surface area (Å²) in [6.45, 7) is 6.88. The molecule has 1 aromatic rings. The van der Waals surface area contributed by atoms with Gasteiger partial charge in [0.15, 0.2) is 0 Å². The predicted molar refractivity (Wildman–Crippen MR) is 87.9 cm³/mol. The summed E-state index contributed by atoms with van der Waals surface area (Å²) in [5.74, 6) is 0.565. The molecule has 0 spiro atoms. The molecule has 0 saturated heterocycles. The first-order valence-corrected chi connectivity index (χ1v) is 8.12. The number of ether oxygens (including phenoxy) is 2. The fraction of sp³-hybridized carbons (Fsp3) is 0.611. The number of hydrogen-bond donors (Lipinski definition) is 2. The number of amides is 1. The average Bonchev–Trinajstić information content (AvgIpc) is 3.24. The summed E-state index contributed by atoms with van der Waals surface area (Å²) in [5.41, 5.74) is 0.624. The van der Waals surface area contributed by atoms with Gasteiger partial charge in [0.2, 0.25) is 0 Å². The Bertz CT molecular complexity index is 497. The second-order valence-electron chi connectivity index (χ2n) is 7.11. The van der Waals surface area contributed by atoms with E-state index in [2.05, 4.69) is 5.32 Å². The fourth-order valence-corrected chi connectivity index (χ4v) is 2.49. The van der Waals surface area contributed by atoms with Gasteiger partial charge in [-0.25, -0.2) is 4.79 Å². The Labute approximate surface area is 138 Å². The molecule has 1 aliphatic carbocycles. The van der Waals surface area contributed by atoms with Gasteiger partial charge in [0.05, 0.1) is 19.3 Å². The Morgan fingerprint density at radius 2 is 2.04 bits per heavy atom. The molecule has 0 aromatic heterocycles. The number of carbonyl (C=O) groups is 1. The molecule has 1 fully saturated rings. The van der Waals surface area contributed by atoms with E-state index in [1.807, 2.05) is 51.1 Å². The minimum absolute atomic E-state index is 0.195. The molecule has 1 aliphatic rings. The number of aliphatic hydroxyl groups excluding tert-OH is 1. The van der Waals surface area contributed by atoms with Crippen LogP contribution in [0.4, 0.5) is 4.79 Å². The van der Waals surface area contributed by atoms with E-state index in [1.54, 1.807) is 0 Å². The molecule has 1 saturated carbocycles. The molecular weight excluding hydrogens is 294 g/mol. The van der Waals surface area contributed by atoms with Crippen LogP contribution in [-0.2, 0) is 16.1 Å². The van der Waals surface area contributed by atoms with Crippen LogP contribution in [0.1, 0.15) is 32.8 Å². The number of aliphatic hydroxyl groups is 1. The average molecular weight is 321 g/mol. The van der Waals surface area contributed by atoms with Crippen molar-refractivity contribution in [3.05, 3.63) is 35.9 Å². The van der Waals surface area contributed by atoms with Crippen LogP contribution in [0, 0.1) is 11.8 Å². The molecule has 1 unspecified atom stereocenters. The van der Waals surface area contributed by atoms with Crippen molar-refractivity contribution in [1.29, 1.82) is 0 Å². The van der Waals surface area contributed by atoms with Gasteiger partial charge in [-0.1, -0.05) is 30.3 Å². The minimum atomic E-state index is -0.548. The van der Waals surface area contributed by atoms with E-state index >= 15 is 0 Å². The maximum atomic E-state index is 11.5. The lowest BCUT2D eigenvalue weighted by Crippen LogP contribution is -2.37. The highest BCUT2D eigenvalue weighted by molar-refractivity contribution is 5.67. The molecule has 0 aliphatic heterocycles. The van der Waals surface area contributed by atoms with E-state index < -0.39 is 17.8 Å². The molecule has 0 heterocycles. The summed E-state index contributed by atoms with van der Waals surface area (Å²) in [4.78, 5) is 11.5. The predicted octanol–water partition coefficient (Wildman–Crippen LogP) is 2.72. The second kappa shape index (κ2) is 7.79. The Morgan fingerprint density at radius 1 is 1.35 bits per heavy atom. The SMILES string of the molecule is CC(C)(C)OC(=O)NCC(O)[C@H]1C[C@@H]1COCc1ccccc1. The Morgan fingerprint density at radius 3 is 2.70 bits per heavy atom. The first kappa shape index (κ1) is 17.8. The number of rotatable bonds is 7. The lowest BCUT2D eigenvalue weighted by Gasteiger charge is -2.20. The van der Waals surface area contributed by atoms with Crippen LogP contribution in [0.3, 0.4) is 0 Å². The van der Waals surface area contributed by atoms with Gasteiger partial charge in [-0.3, -0.25) is 0 Å². The van der Waals surface area contributed by atoms with E-state index in [0.29, 0.717) is 19.1 Å². The molecule has 2 N–H and O–H groups in total. The van der Waals surface area contributed by atoms with Gasteiger partial charge in [0.25, 0.3) is 0 Å². The van der Waals surface area contributed by atoms with Gasteiger partial charge in [0.1, 0.15) is 5.60 Å². The molecular formula is C18H27NO4. The van der Waals surface area contributed by atoms with Crippen LogP contribution in [0.25, 0.3) is 0 Å². The van der Waals surface area contributed by atoms with Crippen molar-refractivity contribution in [3.8, 4) is 0 Å². The van der Waals surface area contributed by atoms with E-state index in [-0.39, 0.29) is 12.5 Å². The highest BCUT2D eigenvalue weighted by Gasteiger charge is 2.42. The van der Waals surface area contributed by atoms with Crippen LogP contribution in [-0.4, -0.2) is 36.1 Å². The van der Waals surface area contributed by atoms with Gasteiger partial charge >= 0.3 is 6.09 Å². The zero-order valence-electron chi connectivity index (χ0n) is 14.1. The number of benzene rings is 1. The van der Waals surface area contributed by atoms with Crippen LogP contribution in [0.2, 0.25) is 0 Å². The molecule has 1 aromatic carbocycles. The molecule has 128 valence electrons. The molecule has 0 bridgehead atoms. The van der Waals surface area contributed by atoms with Gasteiger partial charge in [-0.2, -0.15) is 0 Å². The maximum absolute atomic E-state index is 11.5. The minimum Gasteiger partial charge on any atom is -0.444 e. The van der Waals surface area contributed by atoms with Gasteiger partial charge in [-0.15, -0.1) is 0 Å². The van der Waals surface area contributed by atoms with Gasteiger partial charge < -0.3 is 19.9 Å². The monoisotopic (exact) mass is 321 g/mol. The highest BCUT2D eigenvalue weighted by atomic mass is 16.6. The lowest BCUT2D eigenvalue weighted by molar-refractivity contribution is 0.0470. The number of hydrogen-bond acceptors (Lipinski definition) is 4. The molecule has 2 rings (SSSR count). The lowest BCUT2D eigenvalue weighted by atomic mass is 10.2. The second-order valence-corrected chi connectivity index (χ2v) is 7.11. The van der Waals surface area contributed by atoms with Crippen molar-refractivity contribution < 1.29 is 19.4 Å². The van der Waals surface area contributed by atoms with Gasteiger partial charge in [-0.05, 0) is 44.6 Å². The van der Waals surface area contributed by atoms with Crippen LogP contribution >= 0.6 is 0 Å². The van der Waals surface area contributed by atoms with Crippen molar-refractivity contribution >= 4 is 6.09 Å². The van der Waals surface area contributed by atoms with Crippen molar-refractivity contribution in [2.75, 3.05) is 13.2 Å². The summed E-state index contributed by atoms with van der Waals surface area (Å²) >= 11 is 0. The van der Waals surface area contributed by atoms with Crippen LogP contribution < -0.4 is 5.32 Å². The van der Waals surface area contributed by atoms with Gasteiger partial charge in [0, 0.05) is 6.54 Å². The maximum Gasteiger partial charge on any atom is 0.407 e. The largest absolute Gasteiger partial charge is 0.444 e. The molecule has 3 atom stereocenters. The Hall–Kier alpha value is -1.59. The number of alkyl carbamates (subject to hydrolysis) is 1. The topological polar surface area (TPSA) is 67.8 Å². The number of carbonyl (C=O) groups excluding carboxylic acids is 1. The summed E-state index contributed by atoms with van der Waals surface area (Å²) < 4.78 is 10.8. The van der Waals surface area contributed by atoms with E-state index in [9.17, 15) is 9.90 Å². The van der Waals surface area contributed by atoms with Crippen LogP contribution in [0.5, 0.6) is 0 Å². The third kappa shape index (κ3) is 6.59. The third-order valence-corrected chi connectivity index (χ3v) is 3.77. The standard InChI is InChI=1S/C18H27NO4/c1-18(2,3)23-17(21)19-10-16(20)15-9-14(15)12-22-11-13-7-5-4-6-8-13/h4-8,14-16,20H,9-12H2,1-3H3,(H,19,21)/t14-,15+,16?/m1/s1. The molecule has 5 heteroatoms. The number of nitrogens with one attached hydrogen (secondary N) is 1. The van der Waals surface area contributed by atoms with Crippen LogP contribution in [0.15, 0.2) is 30.3 Å². The van der Waals surface area contributed by atoms with E-state index in [1.165, 1.54) is 0 Å². The normalized spacial score (nSPS) is 21.6. The van der Waals surface area contributed by atoms with E-state index in [0.717, 1.165) is 12.0 Å². The third-order valence-electron chi connectivity index (χ3n) is 3.77. The zero-order valence-corrected chi connectivity index (χ0v) is 14.1. The molecule has 0 radical (unpaired) electrons. The Kier molecular flexibility index (Phi) is 6.02. The quantitative estimate of drug-likeness (QED) is 0.810. The first-order chi connectivity index (χ1) is 10.8. The summed E-state index contributed by atoms with van der Waals surface area (Å²) in [5, 5.41) is 12.7. The Balaban J connectivity index is 1.59. The van der Waals surface area contributed by atoms with Crippen molar-refractivity contribution in [2.45, 2.75) is 45.5 Å². The van der Waals surface area contributed by atoms with Crippen molar-refractivity contribution in [2.24, 2.45) is 11.8 Å². The molecule has 1 amide bonds. The summed E-state index contributed by atoms with van der Waals surface area (Å²) in [7, 11) is 0. The fourth-order valence-electron chi connectivity index (χ4n) is 2.49. The smallest absolute Gasteiger partial charge is 0.407 e. The molecule has 23 heavy (non-hydrogen) atoms. The first-order valence-electron chi connectivity index (χ1n) is 8.12. The summed E-state index contributed by atoms with van der Waals surface area (Å²) in [6, 6.07) is 10.0.